The number of benzene rings is 2. The molecule has 3 N–H and O–H groups in total. The average Bonchev–Trinajstić information content (AvgIpc) is 3.44. The highest BCUT2D eigenvalue weighted by Gasteiger charge is 2.30. The Morgan fingerprint density at radius 1 is 1.19 bits per heavy atom. The van der Waals surface area contributed by atoms with E-state index in [1.807, 2.05) is 0 Å². The minimum absolute atomic E-state index is 0.0598. The molecule has 2 aromatic rings. The summed E-state index contributed by atoms with van der Waals surface area (Å²) in [6.45, 7) is 3.46. The van der Waals surface area contributed by atoms with Gasteiger partial charge in [0.05, 0.1) is 7.11 Å². The van der Waals surface area contributed by atoms with Gasteiger partial charge in [-0.05, 0) is 56.5 Å². The molecule has 0 bridgehead atoms. The SMILES string of the molecule is COc1ccc(C(=O)Nc2ccc(C)c(O)c2C)cc1S(=O)(=O)NC1CC1. The zero-order valence-corrected chi connectivity index (χ0v) is 16.2. The van der Waals surface area contributed by atoms with E-state index in [0.29, 0.717) is 16.8 Å². The predicted molar refractivity (Wildman–Crippen MR) is 102 cm³/mol. The quantitative estimate of drug-likeness (QED) is 0.703. The normalized spacial score (nSPS) is 14.0. The monoisotopic (exact) mass is 390 g/mol. The fourth-order valence-corrected chi connectivity index (χ4v) is 4.18. The van der Waals surface area contributed by atoms with Gasteiger partial charge in [0, 0.05) is 22.9 Å². The van der Waals surface area contributed by atoms with Gasteiger partial charge in [0.2, 0.25) is 10.0 Å². The first-order chi connectivity index (χ1) is 12.7. The number of hydrogen-bond donors (Lipinski definition) is 3. The lowest BCUT2D eigenvalue weighted by Crippen LogP contribution is -2.26. The van der Waals surface area contributed by atoms with Crippen LogP contribution in [0.4, 0.5) is 5.69 Å². The Kier molecular flexibility index (Phi) is 5.12. The van der Waals surface area contributed by atoms with E-state index >= 15 is 0 Å². The number of rotatable bonds is 6. The van der Waals surface area contributed by atoms with Gasteiger partial charge in [0.1, 0.15) is 16.4 Å². The molecule has 0 saturated heterocycles. The molecule has 144 valence electrons. The Hall–Kier alpha value is -2.58. The van der Waals surface area contributed by atoms with Crippen LogP contribution < -0.4 is 14.8 Å². The highest BCUT2D eigenvalue weighted by Crippen LogP contribution is 2.30. The van der Waals surface area contributed by atoms with E-state index < -0.39 is 15.9 Å². The van der Waals surface area contributed by atoms with Gasteiger partial charge < -0.3 is 15.2 Å². The van der Waals surface area contributed by atoms with Crippen molar-refractivity contribution in [3.05, 3.63) is 47.0 Å². The summed E-state index contributed by atoms with van der Waals surface area (Å²) < 4.78 is 32.9. The summed E-state index contributed by atoms with van der Waals surface area (Å²) in [5, 5.41) is 12.7. The van der Waals surface area contributed by atoms with Crippen LogP contribution in [-0.2, 0) is 10.0 Å². The summed E-state index contributed by atoms with van der Waals surface area (Å²) >= 11 is 0. The molecular weight excluding hydrogens is 368 g/mol. The number of carbonyl (C=O) groups is 1. The number of nitrogens with one attached hydrogen (secondary N) is 2. The summed E-state index contributed by atoms with van der Waals surface area (Å²) in [7, 11) is -2.41. The standard InChI is InChI=1S/C19H22N2O5S/c1-11-4-8-15(12(2)18(11)22)20-19(23)13-5-9-16(26-3)17(10-13)27(24,25)21-14-6-7-14/h4-5,8-10,14,21-22H,6-7H2,1-3H3,(H,20,23). The molecule has 1 aliphatic rings. The molecule has 1 amide bonds. The zero-order chi connectivity index (χ0) is 19.8. The van der Waals surface area contributed by atoms with Crippen LogP contribution >= 0.6 is 0 Å². The number of amides is 1. The molecule has 8 heteroatoms. The molecule has 1 saturated carbocycles. The lowest BCUT2D eigenvalue weighted by atomic mass is 10.1. The summed E-state index contributed by atoms with van der Waals surface area (Å²) in [6, 6.07) is 7.57. The number of carbonyl (C=O) groups excluding carboxylic acids is 1. The minimum Gasteiger partial charge on any atom is -0.507 e. The molecule has 0 aliphatic heterocycles. The molecular formula is C19H22N2O5S. The van der Waals surface area contributed by atoms with E-state index in [1.165, 1.54) is 25.3 Å². The van der Waals surface area contributed by atoms with Crippen LogP contribution in [0.2, 0.25) is 0 Å². The van der Waals surface area contributed by atoms with Gasteiger partial charge in [-0.25, -0.2) is 13.1 Å². The Balaban J connectivity index is 1.91. The largest absolute Gasteiger partial charge is 0.507 e. The van der Waals surface area contributed by atoms with Crippen molar-refractivity contribution in [2.24, 2.45) is 0 Å². The molecule has 27 heavy (non-hydrogen) atoms. The molecule has 1 fully saturated rings. The first-order valence-electron chi connectivity index (χ1n) is 8.54. The van der Waals surface area contributed by atoms with Crippen molar-refractivity contribution >= 4 is 21.6 Å². The van der Waals surface area contributed by atoms with Gasteiger partial charge in [0.25, 0.3) is 5.91 Å². The molecule has 0 radical (unpaired) electrons. The van der Waals surface area contributed by atoms with Crippen molar-refractivity contribution in [1.82, 2.24) is 4.72 Å². The van der Waals surface area contributed by atoms with E-state index in [-0.39, 0.29) is 28.0 Å². The van der Waals surface area contributed by atoms with Gasteiger partial charge in [-0.2, -0.15) is 0 Å². The van der Waals surface area contributed by atoms with Crippen LogP contribution in [0.5, 0.6) is 11.5 Å². The fourth-order valence-electron chi connectivity index (χ4n) is 2.68. The van der Waals surface area contributed by atoms with Crippen molar-refractivity contribution in [3.63, 3.8) is 0 Å². The number of anilines is 1. The van der Waals surface area contributed by atoms with Gasteiger partial charge in [-0.3, -0.25) is 4.79 Å². The number of phenolic OH excluding ortho intramolecular Hbond substituents is 1. The number of sulfonamides is 1. The third-order valence-electron chi connectivity index (χ3n) is 4.50. The van der Waals surface area contributed by atoms with Crippen LogP contribution in [0.15, 0.2) is 35.2 Å². The maximum atomic E-state index is 12.6. The number of hydrogen-bond acceptors (Lipinski definition) is 5. The molecule has 3 rings (SSSR count). The molecule has 7 nitrogen and oxygen atoms in total. The Labute approximate surface area is 158 Å². The molecule has 1 aliphatic carbocycles. The second-order valence-corrected chi connectivity index (χ2v) is 8.30. The Morgan fingerprint density at radius 2 is 1.89 bits per heavy atom. The summed E-state index contributed by atoms with van der Waals surface area (Å²) in [5.74, 6) is -0.199. The Bertz CT molecular complexity index is 997. The third-order valence-corrected chi connectivity index (χ3v) is 6.04. The first-order valence-corrected chi connectivity index (χ1v) is 10.0. The first kappa shape index (κ1) is 19.2. The smallest absolute Gasteiger partial charge is 0.255 e. The van der Waals surface area contributed by atoms with E-state index in [1.54, 1.807) is 26.0 Å². The lowest BCUT2D eigenvalue weighted by molar-refractivity contribution is 0.102. The van der Waals surface area contributed by atoms with Crippen LogP contribution in [0.3, 0.4) is 0 Å². The Morgan fingerprint density at radius 3 is 2.52 bits per heavy atom. The topological polar surface area (TPSA) is 105 Å². The number of aromatic hydroxyl groups is 1. The maximum absolute atomic E-state index is 12.6. The molecule has 0 atom stereocenters. The van der Waals surface area contributed by atoms with Gasteiger partial charge in [-0.15, -0.1) is 0 Å². The third kappa shape index (κ3) is 4.06. The van der Waals surface area contributed by atoms with Crippen LogP contribution in [0.1, 0.15) is 34.3 Å². The fraction of sp³-hybridized carbons (Fsp3) is 0.316. The summed E-state index contributed by atoms with van der Waals surface area (Å²) in [4.78, 5) is 12.6. The summed E-state index contributed by atoms with van der Waals surface area (Å²) in [5.41, 5.74) is 1.88. The molecule has 0 heterocycles. The number of phenols is 1. The summed E-state index contributed by atoms with van der Waals surface area (Å²) in [6.07, 6.45) is 1.61. The second kappa shape index (κ2) is 7.21. The number of methoxy groups -OCH3 is 1. The van der Waals surface area contributed by atoms with Gasteiger partial charge in [0.15, 0.2) is 0 Å². The van der Waals surface area contributed by atoms with Crippen LogP contribution in [0, 0.1) is 13.8 Å². The molecule has 2 aromatic carbocycles. The second-order valence-electron chi connectivity index (χ2n) is 6.62. The number of ether oxygens (including phenoxy) is 1. The van der Waals surface area contributed by atoms with Crippen molar-refractivity contribution in [2.45, 2.75) is 37.6 Å². The van der Waals surface area contributed by atoms with Crippen LogP contribution in [-0.4, -0.2) is 32.6 Å². The minimum atomic E-state index is -3.78. The van der Waals surface area contributed by atoms with Gasteiger partial charge >= 0.3 is 0 Å². The molecule has 0 unspecified atom stereocenters. The van der Waals surface area contributed by atoms with Crippen molar-refractivity contribution in [2.75, 3.05) is 12.4 Å². The van der Waals surface area contributed by atoms with Crippen LogP contribution in [0.25, 0.3) is 0 Å². The molecule has 0 aromatic heterocycles. The van der Waals surface area contributed by atoms with E-state index in [4.69, 9.17) is 4.74 Å². The number of aryl methyl sites for hydroxylation is 1. The predicted octanol–water partition coefficient (Wildman–Crippen LogP) is 2.71. The van der Waals surface area contributed by atoms with E-state index in [2.05, 4.69) is 10.0 Å². The van der Waals surface area contributed by atoms with Crippen molar-refractivity contribution in [3.8, 4) is 11.5 Å². The van der Waals surface area contributed by atoms with E-state index in [0.717, 1.165) is 12.8 Å². The molecule has 0 spiro atoms. The average molecular weight is 390 g/mol. The maximum Gasteiger partial charge on any atom is 0.255 e. The lowest BCUT2D eigenvalue weighted by Gasteiger charge is -2.14. The highest BCUT2D eigenvalue weighted by molar-refractivity contribution is 7.89. The zero-order valence-electron chi connectivity index (χ0n) is 15.4. The highest BCUT2D eigenvalue weighted by atomic mass is 32.2. The van der Waals surface area contributed by atoms with Gasteiger partial charge in [-0.1, -0.05) is 6.07 Å². The van der Waals surface area contributed by atoms with Crippen molar-refractivity contribution < 1.29 is 23.1 Å². The van der Waals surface area contributed by atoms with E-state index in [9.17, 15) is 18.3 Å². The van der Waals surface area contributed by atoms with Crippen molar-refractivity contribution in [1.29, 1.82) is 0 Å².